The van der Waals surface area contributed by atoms with E-state index in [0.717, 1.165) is 21.3 Å². The van der Waals surface area contributed by atoms with Crippen LogP contribution in [0.25, 0.3) is 10.7 Å². The number of rotatable bonds is 3. The summed E-state index contributed by atoms with van der Waals surface area (Å²) in [6, 6.07) is 5.79. The average Bonchev–Trinajstić information content (AvgIpc) is 2.73. The summed E-state index contributed by atoms with van der Waals surface area (Å²) >= 11 is 1.61. The number of aliphatic hydroxyl groups excluding tert-OH is 1. The minimum Gasteiger partial charge on any atom is -0.395 e. The van der Waals surface area contributed by atoms with E-state index in [-0.39, 0.29) is 12.0 Å². The molecule has 5 heteroatoms. The number of pyridine rings is 1. The van der Waals surface area contributed by atoms with Crippen molar-refractivity contribution >= 4 is 11.3 Å². The van der Waals surface area contributed by atoms with E-state index >= 15 is 0 Å². The average molecular weight is 262 g/mol. The molecule has 0 spiro atoms. The smallest absolute Gasteiger partial charge is 0.142 e. The lowest BCUT2D eigenvalue weighted by Gasteiger charge is -2.39. The molecule has 3 rings (SSSR count). The van der Waals surface area contributed by atoms with Gasteiger partial charge < -0.3 is 9.84 Å². The number of aliphatic hydroxyl groups is 1. The Morgan fingerprint density at radius 3 is 2.83 bits per heavy atom. The van der Waals surface area contributed by atoms with E-state index in [0.29, 0.717) is 13.2 Å². The van der Waals surface area contributed by atoms with Crippen LogP contribution in [0.5, 0.6) is 0 Å². The van der Waals surface area contributed by atoms with Crippen molar-refractivity contribution in [2.45, 2.75) is 12.3 Å². The molecule has 0 aromatic carbocycles. The monoisotopic (exact) mass is 262 g/mol. The van der Waals surface area contributed by atoms with E-state index in [1.165, 1.54) is 0 Å². The van der Waals surface area contributed by atoms with E-state index in [9.17, 15) is 5.11 Å². The Morgan fingerprint density at radius 1 is 1.44 bits per heavy atom. The zero-order valence-corrected chi connectivity index (χ0v) is 10.9. The first-order valence-electron chi connectivity index (χ1n) is 5.83. The molecule has 1 fully saturated rings. The van der Waals surface area contributed by atoms with Crippen molar-refractivity contribution in [3.05, 3.63) is 35.0 Å². The number of ether oxygens (including phenoxy) is 1. The molecule has 0 saturated carbocycles. The molecule has 2 aromatic heterocycles. The van der Waals surface area contributed by atoms with Gasteiger partial charge in [-0.1, -0.05) is 6.07 Å². The molecule has 1 N–H and O–H groups in total. The van der Waals surface area contributed by atoms with Crippen molar-refractivity contribution in [3.8, 4) is 10.7 Å². The molecule has 1 aliphatic rings. The van der Waals surface area contributed by atoms with E-state index in [2.05, 4.69) is 9.97 Å². The molecule has 4 nitrogen and oxygen atoms in total. The molecule has 0 aliphatic carbocycles. The lowest BCUT2D eigenvalue weighted by molar-refractivity contribution is -0.0827. The zero-order chi connectivity index (χ0) is 12.6. The lowest BCUT2D eigenvalue weighted by atomic mass is 9.84. The summed E-state index contributed by atoms with van der Waals surface area (Å²) in [5.74, 6) is 0. The normalized spacial score (nSPS) is 17.4. The van der Waals surface area contributed by atoms with Crippen LogP contribution in [0.3, 0.4) is 0 Å². The molecule has 3 heterocycles. The summed E-state index contributed by atoms with van der Waals surface area (Å²) < 4.78 is 5.26. The molecule has 0 bridgehead atoms. The predicted molar refractivity (Wildman–Crippen MR) is 69.7 cm³/mol. The first-order chi connectivity index (χ1) is 8.75. The predicted octanol–water partition coefficient (Wildman–Crippen LogP) is 1.77. The highest BCUT2D eigenvalue weighted by Gasteiger charge is 2.43. The zero-order valence-electron chi connectivity index (χ0n) is 10.1. The lowest BCUT2D eigenvalue weighted by Crippen LogP contribution is -2.49. The Morgan fingerprint density at radius 2 is 2.28 bits per heavy atom. The van der Waals surface area contributed by atoms with Gasteiger partial charge >= 0.3 is 0 Å². The van der Waals surface area contributed by atoms with Crippen LogP contribution < -0.4 is 0 Å². The minimum absolute atomic E-state index is 0.109. The maximum atomic E-state index is 9.58. The van der Waals surface area contributed by atoms with Crippen LogP contribution in [0.1, 0.15) is 10.6 Å². The van der Waals surface area contributed by atoms with Gasteiger partial charge in [0.05, 0.1) is 36.6 Å². The third-order valence-corrected chi connectivity index (χ3v) is 4.65. The number of thiazole rings is 1. The molecule has 0 amide bonds. The molecule has 0 radical (unpaired) electrons. The van der Waals surface area contributed by atoms with E-state index < -0.39 is 0 Å². The number of nitrogens with zero attached hydrogens (tertiary/aromatic N) is 2. The maximum Gasteiger partial charge on any atom is 0.142 e. The van der Waals surface area contributed by atoms with E-state index in [4.69, 9.17) is 4.74 Å². The largest absolute Gasteiger partial charge is 0.395 e. The van der Waals surface area contributed by atoms with Crippen molar-refractivity contribution in [3.63, 3.8) is 0 Å². The van der Waals surface area contributed by atoms with Crippen LogP contribution in [0, 0.1) is 6.92 Å². The molecule has 2 aromatic rings. The first-order valence-corrected chi connectivity index (χ1v) is 6.65. The van der Waals surface area contributed by atoms with Crippen molar-refractivity contribution in [2.24, 2.45) is 0 Å². The summed E-state index contributed by atoms with van der Waals surface area (Å²) in [6.45, 7) is 3.24. The molecule has 1 saturated heterocycles. The highest BCUT2D eigenvalue weighted by atomic mass is 32.1. The molecule has 18 heavy (non-hydrogen) atoms. The van der Waals surface area contributed by atoms with Crippen molar-refractivity contribution in [1.82, 2.24) is 9.97 Å². The van der Waals surface area contributed by atoms with Gasteiger partial charge in [-0.2, -0.15) is 0 Å². The van der Waals surface area contributed by atoms with Crippen LogP contribution in [0.15, 0.2) is 24.4 Å². The van der Waals surface area contributed by atoms with Crippen LogP contribution in [0.2, 0.25) is 0 Å². The molecular weight excluding hydrogens is 248 g/mol. The fourth-order valence-corrected chi connectivity index (χ4v) is 3.32. The van der Waals surface area contributed by atoms with Crippen LogP contribution >= 0.6 is 11.3 Å². The Balaban J connectivity index is 2.01. The Labute approximate surface area is 109 Å². The Hall–Kier alpha value is -1.30. The second-order valence-electron chi connectivity index (χ2n) is 4.58. The third-order valence-electron chi connectivity index (χ3n) is 3.22. The molecule has 0 atom stereocenters. The Bertz CT molecular complexity index is 544. The van der Waals surface area contributed by atoms with E-state index in [1.807, 2.05) is 25.1 Å². The molecule has 0 unspecified atom stereocenters. The number of aryl methyl sites for hydroxylation is 1. The standard InChI is InChI=1S/C13H14N2O2S/c1-9-11(13(6-16)7-17-8-13)18-12(15-9)10-4-2-3-5-14-10/h2-5,16H,6-8H2,1H3. The molecule has 1 aliphatic heterocycles. The molecule has 94 valence electrons. The van der Waals surface area contributed by atoms with Gasteiger partial charge in [0.15, 0.2) is 0 Å². The quantitative estimate of drug-likeness (QED) is 0.916. The number of hydrogen-bond acceptors (Lipinski definition) is 5. The fourth-order valence-electron chi connectivity index (χ4n) is 2.13. The molecular formula is C13H14N2O2S. The number of hydrogen-bond donors (Lipinski definition) is 1. The van der Waals surface area contributed by atoms with Gasteiger partial charge in [0.25, 0.3) is 0 Å². The van der Waals surface area contributed by atoms with Crippen LogP contribution in [0.4, 0.5) is 0 Å². The minimum atomic E-state index is -0.241. The van der Waals surface area contributed by atoms with Gasteiger partial charge in [-0.15, -0.1) is 11.3 Å². The number of aromatic nitrogens is 2. The van der Waals surface area contributed by atoms with Gasteiger partial charge in [0, 0.05) is 11.1 Å². The van der Waals surface area contributed by atoms with Gasteiger partial charge in [0.2, 0.25) is 0 Å². The SMILES string of the molecule is Cc1nc(-c2ccccn2)sc1C1(CO)COC1. The van der Waals surface area contributed by atoms with Gasteiger partial charge in [-0.3, -0.25) is 4.98 Å². The van der Waals surface area contributed by atoms with Gasteiger partial charge in [0.1, 0.15) is 5.01 Å². The summed E-state index contributed by atoms with van der Waals surface area (Å²) in [5, 5.41) is 10.5. The summed E-state index contributed by atoms with van der Waals surface area (Å²) in [7, 11) is 0. The summed E-state index contributed by atoms with van der Waals surface area (Å²) in [5.41, 5.74) is 1.61. The topological polar surface area (TPSA) is 55.2 Å². The van der Waals surface area contributed by atoms with Gasteiger partial charge in [-0.25, -0.2) is 4.98 Å². The highest BCUT2D eigenvalue weighted by molar-refractivity contribution is 7.15. The second-order valence-corrected chi connectivity index (χ2v) is 5.58. The van der Waals surface area contributed by atoms with E-state index in [1.54, 1.807) is 17.5 Å². The van der Waals surface area contributed by atoms with Crippen molar-refractivity contribution < 1.29 is 9.84 Å². The first kappa shape index (κ1) is 11.8. The fraction of sp³-hybridized carbons (Fsp3) is 0.385. The third kappa shape index (κ3) is 1.75. The van der Waals surface area contributed by atoms with Crippen molar-refractivity contribution in [1.29, 1.82) is 0 Å². The van der Waals surface area contributed by atoms with Crippen LogP contribution in [-0.2, 0) is 10.2 Å². The maximum absolute atomic E-state index is 9.58. The van der Waals surface area contributed by atoms with Crippen molar-refractivity contribution in [2.75, 3.05) is 19.8 Å². The summed E-state index contributed by atoms with van der Waals surface area (Å²) in [4.78, 5) is 10.00. The summed E-state index contributed by atoms with van der Waals surface area (Å²) in [6.07, 6.45) is 1.76. The Kier molecular flexibility index (Phi) is 2.89. The van der Waals surface area contributed by atoms with Crippen LogP contribution in [-0.4, -0.2) is 34.9 Å². The van der Waals surface area contributed by atoms with Gasteiger partial charge in [-0.05, 0) is 19.1 Å². The second kappa shape index (κ2) is 4.42. The highest BCUT2D eigenvalue weighted by Crippen LogP contribution is 2.39.